The van der Waals surface area contributed by atoms with E-state index in [1.54, 1.807) is 0 Å². The zero-order valence-electron chi connectivity index (χ0n) is 9.97. The molecule has 0 N–H and O–H groups in total. The molecular formula is C9H10N2O5S3. The summed E-state index contributed by atoms with van der Waals surface area (Å²) < 4.78 is 32.2. The van der Waals surface area contributed by atoms with Gasteiger partial charge in [0.2, 0.25) is 4.38 Å². The van der Waals surface area contributed by atoms with Crippen LogP contribution >= 0.6 is 12.2 Å². The number of nitro benzene ring substituents is 1. The summed E-state index contributed by atoms with van der Waals surface area (Å²) in [5.41, 5.74) is -0.318. The highest BCUT2D eigenvalue weighted by atomic mass is 32.3. The summed E-state index contributed by atoms with van der Waals surface area (Å²) in [5, 5.41) is 10.6. The second kappa shape index (κ2) is 6.17. The summed E-state index contributed by atoms with van der Waals surface area (Å²) in [6, 6.07) is 4.66. The number of methoxy groups -OCH3 is 1. The largest absolute Gasteiger partial charge is 0.481 e. The maximum absolute atomic E-state index is 11.9. The van der Waals surface area contributed by atoms with Crippen molar-refractivity contribution >= 4 is 43.0 Å². The van der Waals surface area contributed by atoms with Crippen LogP contribution in [0.3, 0.4) is 0 Å². The Morgan fingerprint density at radius 2 is 2.16 bits per heavy atom. The summed E-state index contributed by atoms with van der Waals surface area (Å²) in [5.74, 6) is 0. The number of nitrogens with zero attached hydrogens (tertiary/aromatic N) is 2. The van der Waals surface area contributed by atoms with E-state index in [1.165, 1.54) is 31.6 Å². The topological polar surface area (TPSA) is 98.9 Å². The molecule has 0 saturated heterocycles. The van der Waals surface area contributed by atoms with Gasteiger partial charge in [-0.05, 0) is 29.0 Å². The minimum Gasteiger partial charge on any atom is -0.481 e. The van der Waals surface area contributed by atoms with Crippen molar-refractivity contribution in [3.63, 3.8) is 0 Å². The van der Waals surface area contributed by atoms with E-state index in [9.17, 15) is 18.5 Å². The van der Waals surface area contributed by atoms with Gasteiger partial charge in [-0.2, -0.15) is 8.42 Å². The SMILES string of the molecule is COC(=S)S(C)=NS(=O)(=O)c1cccc([N+](=O)[O-])c1. The fraction of sp³-hybridized carbons (Fsp3) is 0.222. The first-order valence-electron chi connectivity index (χ1n) is 4.74. The van der Waals surface area contributed by atoms with Crippen molar-refractivity contribution in [2.75, 3.05) is 13.4 Å². The Kier molecular flexibility index (Phi) is 5.09. The van der Waals surface area contributed by atoms with Crippen LogP contribution in [0.2, 0.25) is 0 Å². The molecule has 0 aromatic heterocycles. The quantitative estimate of drug-likeness (QED) is 0.476. The van der Waals surface area contributed by atoms with Gasteiger partial charge in [-0.3, -0.25) is 10.1 Å². The van der Waals surface area contributed by atoms with Gasteiger partial charge in [0.25, 0.3) is 15.7 Å². The molecular weight excluding hydrogens is 312 g/mol. The first kappa shape index (κ1) is 15.7. The molecule has 104 valence electrons. The Morgan fingerprint density at radius 1 is 1.53 bits per heavy atom. The molecule has 1 unspecified atom stereocenters. The highest BCUT2D eigenvalue weighted by molar-refractivity contribution is 8.16. The third-order valence-electron chi connectivity index (χ3n) is 1.94. The summed E-state index contributed by atoms with van der Waals surface area (Å²) >= 11 is 4.79. The third kappa shape index (κ3) is 4.04. The molecule has 10 heteroatoms. The zero-order valence-corrected chi connectivity index (χ0v) is 12.4. The molecule has 0 aliphatic rings. The Balaban J connectivity index is 3.25. The lowest BCUT2D eigenvalue weighted by atomic mass is 10.3. The van der Waals surface area contributed by atoms with Gasteiger partial charge >= 0.3 is 0 Å². The van der Waals surface area contributed by atoms with Crippen LogP contribution in [0.25, 0.3) is 0 Å². The van der Waals surface area contributed by atoms with Gasteiger partial charge in [-0.1, -0.05) is 6.07 Å². The predicted molar refractivity (Wildman–Crippen MR) is 75.6 cm³/mol. The standard InChI is InChI=1S/C9H10N2O5S3/c1-16-9(17)18(2)10-19(14,15)8-5-3-4-7(6-8)11(12)13/h3-6H,1-2H3. The number of thiocarbonyl (C=S) groups is 1. The minimum atomic E-state index is -4.01. The number of rotatable bonds is 3. The first-order valence-corrected chi connectivity index (χ1v) is 8.18. The Bertz CT molecular complexity index is 654. The van der Waals surface area contributed by atoms with Gasteiger partial charge in [0, 0.05) is 18.4 Å². The molecule has 1 atom stereocenters. The highest BCUT2D eigenvalue weighted by Gasteiger charge is 2.17. The van der Waals surface area contributed by atoms with Gasteiger partial charge in [-0.15, -0.1) is 3.77 Å². The van der Waals surface area contributed by atoms with Gasteiger partial charge in [0.1, 0.15) is 0 Å². The van der Waals surface area contributed by atoms with Crippen molar-refractivity contribution in [3.05, 3.63) is 34.4 Å². The molecule has 0 bridgehead atoms. The van der Waals surface area contributed by atoms with E-state index in [0.717, 1.165) is 6.07 Å². The van der Waals surface area contributed by atoms with E-state index in [-0.39, 0.29) is 15.0 Å². The van der Waals surface area contributed by atoms with Crippen LogP contribution in [0, 0.1) is 10.1 Å². The van der Waals surface area contributed by atoms with Crippen LogP contribution in [-0.4, -0.2) is 31.1 Å². The van der Waals surface area contributed by atoms with Crippen LogP contribution < -0.4 is 0 Å². The molecule has 1 aromatic carbocycles. The Labute approximate surface area is 117 Å². The summed E-state index contributed by atoms with van der Waals surface area (Å²) in [4.78, 5) is 9.67. The van der Waals surface area contributed by atoms with Crippen molar-refractivity contribution < 1.29 is 18.1 Å². The lowest BCUT2D eigenvalue weighted by Crippen LogP contribution is -2.08. The molecule has 7 nitrogen and oxygen atoms in total. The van der Waals surface area contributed by atoms with E-state index >= 15 is 0 Å². The number of benzene rings is 1. The van der Waals surface area contributed by atoms with Gasteiger partial charge in [0.15, 0.2) is 0 Å². The second-order valence-electron chi connectivity index (χ2n) is 3.24. The molecule has 0 spiro atoms. The molecule has 0 amide bonds. The average molecular weight is 322 g/mol. The lowest BCUT2D eigenvalue weighted by Gasteiger charge is -2.03. The molecule has 0 aliphatic heterocycles. The van der Waals surface area contributed by atoms with E-state index in [4.69, 9.17) is 17.0 Å². The molecule has 0 saturated carbocycles. The van der Waals surface area contributed by atoms with E-state index < -0.39 is 25.6 Å². The van der Waals surface area contributed by atoms with E-state index in [1.807, 2.05) is 0 Å². The van der Waals surface area contributed by atoms with Crippen molar-refractivity contribution in [1.29, 1.82) is 0 Å². The molecule has 1 rings (SSSR count). The molecule has 19 heavy (non-hydrogen) atoms. The van der Waals surface area contributed by atoms with Crippen molar-refractivity contribution in [2.24, 2.45) is 3.77 Å². The van der Waals surface area contributed by atoms with Crippen molar-refractivity contribution in [3.8, 4) is 0 Å². The van der Waals surface area contributed by atoms with Crippen LogP contribution in [0.5, 0.6) is 0 Å². The molecule has 1 aromatic rings. The van der Waals surface area contributed by atoms with Gasteiger partial charge in [-0.25, -0.2) is 0 Å². The average Bonchev–Trinajstić information content (AvgIpc) is 2.37. The fourth-order valence-corrected chi connectivity index (χ4v) is 3.90. The van der Waals surface area contributed by atoms with Crippen LogP contribution in [0.4, 0.5) is 5.69 Å². The van der Waals surface area contributed by atoms with Crippen LogP contribution in [0.1, 0.15) is 0 Å². The fourth-order valence-electron chi connectivity index (χ4n) is 1.10. The summed E-state index contributed by atoms with van der Waals surface area (Å²) in [6.45, 7) is 0. The molecule has 0 fully saturated rings. The van der Waals surface area contributed by atoms with Crippen LogP contribution in [-0.2, 0) is 25.5 Å². The van der Waals surface area contributed by atoms with Crippen molar-refractivity contribution in [1.82, 2.24) is 0 Å². The van der Waals surface area contributed by atoms with Gasteiger partial charge < -0.3 is 4.74 Å². The smallest absolute Gasteiger partial charge is 0.288 e. The molecule has 0 heterocycles. The number of nitro groups is 1. The Hall–Kier alpha value is -1.39. The second-order valence-corrected chi connectivity index (χ2v) is 7.21. The van der Waals surface area contributed by atoms with E-state index in [0.29, 0.717) is 0 Å². The Morgan fingerprint density at radius 3 is 2.68 bits per heavy atom. The zero-order chi connectivity index (χ0) is 14.6. The van der Waals surface area contributed by atoms with Gasteiger partial charge in [0.05, 0.1) is 16.9 Å². The molecule has 0 radical (unpaired) electrons. The third-order valence-corrected chi connectivity index (χ3v) is 6.01. The number of hydrogen-bond acceptors (Lipinski definition) is 6. The minimum absolute atomic E-state index is 0.0500. The van der Waals surface area contributed by atoms with Crippen molar-refractivity contribution in [2.45, 2.75) is 4.90 Å². The number of non-ortho nitro benzene ring substituents is 1. The normalized spacial score (nSPS) is 12.9. The predicted octanol–water partition coefficient (Wildman–Crippen LogP) is 1.65. The van der Waals surface area contributed by atoms with Crippen LogP contribution in [0.15, 0.2) is 32.9 Å². The summed E-state index contributed by atoms with van der Waals surface area (Å²) in [7, 11) is -3.81. The first-order chi connectivity index (χ1) is 8.77. The number of sulfonamides is 1. The maximum Gasteiger partial charge on any atom is 0.288 e. The monoisotopic (exact) mass is 322 g/mol. The highest BCUT2D eigenvalue weighted by Crippen LogP contribution is 2.19. The number of ether oxygens (including phenoxy) is 1. The number of hydrogen-bond donors (Lipinski definition) is 0. The van der Waals surface area contributed by atoms with E-state index in [2.05, 4.69) is 3.77 Å². The molecule has 0 aliphatic carbocycles. The lowest BCUT2D eigenvalue weighted by molar-refractivity contribution is -0.385. The summed E-state index contributed by atoms with van der Waals surface area (Å²) in [6.07, 6.45) is 1.49. The maximum atomic E-state index is 11.9.